The van der Waals surface area contributed by atoms with Gasteiger partial charge in [-0.3, -0.25) is 4.79 Å². The van der Waals surface area contributed by atoms with Crippen molar-refractivity contribution in [1.29, 1.82) is 0 Å². The summed E-state index contributed by atoms with van der Waals surface area (Å²) in [4.78, 5) is 19.4. The average molecular weight is 526 g/mol. The molecule has 37 heavy (non-hydrogen) atoms. The highest BCUT2D eigenvalue weighted by Crippen LogP contribution is 2.31. The molecule has 11 heteroatoms. The minimum atomic E-state index is -4.49. The molecule has 4 aromatic rings. The summed E-state index contributed by atoms with van der Waals surface area (Å²) in [5.41, 5.74) is 2.40. The highest BCUT2D eigenvalue weighted by atomic mass is 35.5. The van der Waals surface area contributed by atoms with Gasteiger partial charge in [-0.2, -0.15) is 22.8 Å². The number of halogens is 4. The molecule has 1 aliphatic heterocycles. The quantitative estimate of drug-likeness (QED) is 0.395. The first kappa shape index (κ1) is 25.1. The second-order valence-electron chi connectivity index (χ2n) is 9.29. The fourth-order valence-electron chi connectivity index (χ4n) is 4.68. The Morgan fingerprint density at radius 1 is 1.16 bits per heavy atom. The maximum Gasteiger partial charge on any atom is 0.416 e. The number of nitrogens with one attached hydrogen (secondary N) is 1. The van der Waals surface area contributed by atoms with Crippen molar-refractivity contribution in [3.8, 4) is 11.3 Å². The standard InChI is InChI=1S/C26H24BClF3N5O/c27-20-14-33-36-23(12-22(34-24(20)36)19-8-1-2-9-21(19)28)32-13-16-5-4-10-35(15-16)25(37)17-6-3-7-18(11-17)26(29,30)31/h1-3,6-9,11-12,14,16,32H,4-5,10,13,15,27H2. The highest BCUT2D eigenvalue weighted by Gasteiger charge is 2.32. The van der Waals surface area contributed by atoms with Crippen LogP contribution in [0, 0.1) is 5.92 Å². The Morgan fingerprint density at radius 3 is 2.76 bits per heavy atom. The van der Waals surface area contributed by atoms with Gasteiger partial charge in [-0.15, -0.1) is 0 Å². The zero-order chi connectivity index (χ0) is 26.2. The lowest BCUT2D eigenvalue weighted by atomic mass is 9.97. The van der Waals surface area contributed by atoms with Crippen molar-refractivity contribution in [3.63, 3.8) is 0 Å². The van der Waals surface area contributed by atoms with Crippen LogP contribution in [0.2, 0.25) is 5.02 Å². The molecule has 5 rings (SSSR count). The molecule has 2 aromatic carbocycles. The second-order valence-corrected chi connectivity index (χ2v) is 9.70. The summed E-state index contributed by atoms with van der Waals surface area (Å²) in [7, 11) is 1.94. The number of aromatic nitrogens is 3. The van der Waals surface area contributed by atoms with Gasteiger partial charge in [0.2, 0.25) is 0 Å². The molecule has 6 nitrogen and oxygen atoms in total. The Labute approximate surface area is 217 Å². The maximum atomic E-state index is 13.1. The smallest absolute Gasteiger partial charge is 0.370 e. The molecule has 1 fully saturated rings. The van der Waals surface area contributed by atoms with Gasteiger partial charge in [0.05, 0.1) is 11.3 Å². The zero-order valence-corrected chi connectivity index (χ0v) is 20.9. The third kappa shape index (κ3) is 5.29. The van der Waals surface area contributed by atoms with Crippen LogP contribution in [0.5, 0.6) is 0 Å². The van der Waals surface area contributed by atoms with Gasteiger partial charge in [-0.1, -0.05) is 35.9 Å². The fraction of sp³-hybridized carbons (Fsp3) is 0.269. The number of benzene rings is 2. The van der Waals surface area contributed by atoms with Crippen LogP contribution in [0.4, 0.5) is 19.0 Å². The molecule has 0 bridgehead atoms. The summed E-state index contributed by atoms with van der Waals surface area (Å²) in [6.45, 7) is 1.53. The molecule has 1 saturated heterocycles. The molecule has 3 heterocycles. The van der Waals surface area contributed by atoms with E-state index < -0.39 is 11.7 Å². The topological polar surface area (TPSA) is 62.5 Å². The predicted molar refractivity (Wildman–Crippen MR) is 140 cm³/mol. The number of fused-ring (bicyclic) bond motifs is 1. The van der Waals surface area contributed by atoms with E-state index in [0.717, 1.165) is 41.8 Å². The van der Waals surface area contributed by atoms with E-state index in [1.807, 2.05) is 38.2 Å². The molecule has 190 valence electrons. The van der Waals surface area contributed by atoms with E-state index in [2.05, 4.69) is 10.4 Å². The van der Waals surface area contributed by atoms with Gasteiger partial charge in [0.25, 0.3) is 5.91 Å². The van der Waals surface area contributed by atoms with Crippen molar-refractivity contribution in [2.75, 3.05) is 25.0 Å². The number of nitrogens with zero attached hydrogens (tertiary/aromatic N) is 4. The van der Waals surface area contributed by atoms with E-state index in [-0.39, 0.29) is 17.4 Å². The van der Waals surface area contributed by atoms with Crippen LogP contribution < -0.4 is 10.8 Å². The number of alkyl halides is 3. The van der Waals surface area contributed by atoms with Gasteiger partial charge in [-0.05, 0) is 48.5 Å². The van der Waals surface area contributed by atoms with E-state index in [1.165, 1.54) is 12.1 Å². The number of amides is 1. The summed E-state index contributed by atoms with van der Waals surface area (Å²) in [5, 5.41) is 8.51. The largest absolute Gasteiger partial charge is 0.416 e. The Balaban J connectivity index is 1.33. The zero-order valence-electron chi connectivity index (χ0n) is 20.1. The van der Waals surface area contributed by atoms with Crippen LogP contribution in [0.3, 0.4) is 0 Å². The highest BCUT2D eigenvalue weighted by molar-refractivity contribution is 6.36. The summed E-state index contributed by atoms with van der Waals surface area (Å²) < 4.78 is 41.1. The van der Waals surface area contributed by atoms with Crippen molar-refractivity contribution >= 4 is 42.3 Å². The summed E-state index contributed by atoms with van der Waals surface area (Å²) >= 11 is 6.42. The molecule has 0 saturated carbocycles. The van der Waals surface area contributed by atoms with Gasteiger partial charge in [0, 0.05) is 48.0 Å². The van der Waals surface area contributed by atoms with Gasteiger partial charge in [0.15, 0.2) is 5.65 Å². The Bertz CT molecular complexity index is 1460. The summed E-state index contributed by atoms with van der Waals surface area (Å²) in [6, 6.07) is 14.0. The third-order valence-electron chi connectivity index (χ3n) is 6.61. The number of likely N-dealkylation sites (tertiary alicyclic amines) is 1. The number of anilines is 1. The van der Waals surface area contributed by atoms with Crippen molar-refractivity contribution in [2.24, 2.45) is 5.92 Å². The molecule has 2 aromatic heterocycles. The first-order valence-corrected chi connectivity index (χ1v) is 12.4. The van der Waals surface area contributed by atoms with Crippen LogP contribution >= 0.6 is 11.6 Å². The van der Waals surface area contributed by atoms with Crippen molar-refractivity contribution in [3.05, 3.63) is 76.9 Å². The Kier molecular flexibility index (Phi) is 6.85. The number of piperidine rings is 1. The van der Waals surface area contributed by atoms with Crippen LogP contribution in [-0.4, -0.2) is 52.9 Å². The minimum absolute atomic E-state index is 0.0516. The van der Waals surface area contributed by atoms with Crippen molar-refractivity contribution in [1.82, 2.24) is 19.5 Å². The van der Waals surface area contributed by atoms with Crippen LogP contribution in [0.1, 0.15) is 28.8 Å². The predicted octanol–water partition coefficient (Wildman–Crippen LogP) is 4.29. The lowest BCUT2D eigenvalue weighted by Crippen LogP contribution is -2.42. The summed E-state index contributed by atoms with van der Waals surface area (Å²) in [5.74, 6) is 0.479. The first-order chi connectivity index (χ1) is 17.7. The molecule has 1 unspecified atom stereocenters. The minimum Gasteiger partial charge on any atom is -0.370 e. The normalized spacial score (nSPS) is 16.2. The molecular formula is C26H24BClF3N5O. The summed E-state index contributed by atoms with van der Waals surface area (Å²) in [6.07, 6.45) is -1.08. The van der Waals surface area contributed by atoms with E-state index in [1.54, 1.807) is 15.6 Å². The molecule has 0 aliphatic carbocycles. The molecule has 1 amide bonds. The lowest BCUT2D eigenvalue weighted by molar-refractivity contribution is -0.137. The van der Waals surface area contributed by atoms with E-state index >= 15 is 0 Å². The van der Waals surface area contributed by atoms with E-state index in [4.69, 9.17) is 16.6 Å². The second kappa shape index (κ2) is 10.1. The molecule has 1 aliphatic rings. The monoisotopic (exact) mass is 525 g/mol. The molecule has 1 atom stereocenters. The first-order valence-electron chi connectivity index (χ1n) is 12.0. The van der Waals surface area contributed by atoms with Crippen molar-refractivity contribution in [2.45, 2.75) is 19.0 Å². The average Bonchev–Trinajstić information content (AvgIpc) is 3.27. The number of rotatable bonds is 5. The van der Waals surface area contributed by atoms with Crippen LogP contribution in [-0.2, 0) is 6.18 Å². The third-order valence-corrected chi connectivity index (χ3v) is 6.94. The number of carbonyl (C=O) groups is 1. The molecule has 0 radical (unpaired) electrons. The van der Waals surface area contributed by atoms with E-state index in [0.29, 0.717) is 36.0 Å². The number of carbonyl (C=O) groups excluding carboxylic acids is 1. The SMILES string of the molecule is Bc1cnn2c(NCC3CCCN(C(=O)c4cccc(C(F)(F)F)c4)C3)cc(-c3ccccc3Cl)nc12. The van der Waals surface area contributed by atoms with Crippen molar-refractivity contribution < 1.29 is 18.0 Å². The number of hydrogen-bond donors (Lipinski definition) is 1. The van der Waals surface area contributed by atoms with Crippen LogP contribution in [0.15, 0.2) is 60.8 Å². The molecular weight excluding hydrogens is 502 g/mol. The fourth-order valence-corrected chi connectivity index (χ4v) is 4.91. The van der Waals surface area contributed by atoms with Crippen LogP contribution in [0.25, 0.3) is 16.9 Å². The lowest BCUT2D eigenvalue weighted by Gasteiger charge is -2.33. The van der Waals surface area contributed by atoms with E-state index in [9.17, 15) is 18.0 Å². The number of hydrogen-bond acceptors (Lipinski definition) is 4. The molecule has 0 spiro atoms. The van der Waals surface area contributed by atoms with Gasteiger partial charge >= 0.3 is 6.18 Å². The Hall–Kier alpha value is -3.53. The van der Waals surface area contributed by atoms with Gasteiger partial charge < -0.3 is 10.2 Å². The van der Waals surface area contributed by atoms with Gasteiger partial charge in [0.1, 0.15) is 13.7 Å². The molecule has 1 N–H and O–H groups in total. The maximum absolute atomic E-state index is 13.1. The Morgan fingerprint density at radius 2 is 1.97 bits per heavy atom. The van der Waals surface area contributed by atoms with Gasteiger partial charge in [-0.25, -0.2) is 4.98 Å².